The Balaban J connectivity index is 1.85. The van der Waals surface area contributed by atoms with Crippen LogP contribution in [0.1, 0.15) is 18.5 Å². The van der Waals surface area contributed by atoms with Crippen LogP contribution < -0.4 is 5.73 Å². The molecule has 0 bridgehead atoms. The summed E-state index contributed by atoms with van der Waals surface area (Å²) >= 11 is 0. The first-order valence-electron chi connectivity index (χ1n) is 6.47. The van der Waals surface area contributed by atoms with Gasteiger partial charge in [0, 0.05) is 36.3 Å². The summed E-state index contributed by atoms with van der Waals surface area (Å²) in [6.45, 7) is 1.54. The van der Waals surface area contributed by atoms with Crippen LogP contribution in [0, 0.1) is 0 Å². The predicted molar refractivity (Wildman–Crippen MR) is 72.4 cm³/mol. The van der Waals surface area contributed by atoms with Crippen molar-refractivity contribution in [1.29, 1.82) is 0 Å². The van der Waals surface area contributed by atoms with E-state index in [0.29, 0.717) is 0 Å². The highest BCUT2D eigenvalue weighted by atomic mass is 16.5. The molecule has 18 heavy (non-hydrogen) atoms. The standard InChI is InChI=1S/C15H18N2O/c16-15(7-9-18-10-8-15)11-13-6-5-12-3-1-2-4-14(12)17-13/h1-6H,7-11,16H2. The summed E-state index contributed by atoms with van der Waals surface area (Å²) in [6.07, 6.45) is 2.67. The fraction of sp³-hybridized carbons (Fsp3) is 0.400. The molecule has 1 fully saturated rings. The molecular formula is C15H18N2O. The number of para-hydroxylation sites is 1. The minimum Gasteiger partial charge on any atom is -0.381 e. The van der Waals surface area contributed by atoms with E-state index in [1.54, 1.807) is 0 Å². The molecule has 2 heterocycles. The minimum absolute atomic E-state index is 0.145. The molecule has 2 N–H and O–H groups in total. The first-order chi connectivity index (χ1) is 8.75. The van der Waals surface area contributed by atoms with E-state index in [1.165, 1.54) is 5.39 Å². The van der Waals surface area contributed by atoms with Gasteiger partial charge in [-0.25, -0.2) is 0 Å². The van der Waals surface area contributed by atoms with Crippen LogP contribution in [0.2, 0.25) is 0 Å². The first kappa shape index (κ1) is 11.6. The first-order valence-corrected chi connectivity index (χ1v) is 6.47. The van der Waals surface area contributed by atoms with Crippen LogP contribution >= 0.6 is 0 Å². The fourth-order valence-electron chi connectivity index (χ4n) is 2.52. The number of ether oxygens (including phenoxy) is 1. The maximum absolute atomic E-state index is 6.42. The Morgan fingerprint density at radius 2 is 1.89 bits per heavy atom. The van der Waals surface area contributed by atoms with E-state index < -0.39 is 0 Å². The number of fused-ring (bicyclic) bond motifs is 1. The normalized spacial score (nSPS) is 18.9. The van der Waals surface area contributed by atoms with Gasteiger partial charge in [-0.1, -0.05) is 24.3 Å². The Bertz CT molecular complexity index is 547. The number of rotatable bonds is 2. The molecule has 2 aromatic rings. The Labute approximate surface area is 107 Å². The Kier molecular flexibility index (Phi) is 3.02. The lowest BCUT2D eigenvalue weighted by atomic mass is 9.86. The van der Waals surface area contributed by atoms with Gasteiger partial charge in [-0.3, -0.25) is 4.98 Å². The van der Waals surface area contributed by atoms with Crippen molar-refractivity contribution in [2.75, 3.05) is 13.2 Å². The second-order valence-electron chi connectivity index (χ2n) is 5.15. The number of hydrogen-bond donors (Lipinski definition) is 1. The Morgan fingerprint density at radius 1 is 1.11 bits per heavy atom. The quantitative estimate of drug-likeness (QED) is 0.879. The molecule has 0 unspecified atom stereocenters. The van der Waals surface area contributed by atoms with Crippen molar-refractivity contribution in [3.05, 3.63) is 42.1 Å². The van der Waals surface area contributed by atoms with E-state index in [4.69, 9.17) is 15.5 Å². The molecule has 0 amide bonds. The van der Waals surface area contributed by atoms with Crippen LogP contribution in [0.25, 0.3) is 10.9 Å². The van der Waals surface area contributed by atoms with Gasteiger partial charge in [0.2, 0.25) is 0 Å². The number of hydrogen-bond acceptors (Lipinski definition) is 3. The van der Waals surface area contributed by atoms with Gasteiger partial charge in [-0.15, -0.1) is 0 Å². The number of pyridine rings is 1. The highest BCUT2D eigenvalue weighted by Crippen LogP contribution is 2.23. The summed E-state index contributed by atoms with van der Waals surface area (Å²) in [7, 11) is 0. The van der Waals surface area contributed by atoms with E-state index in [1.807, 2.05) is 18.2 Å². The van der Waals surface area contributed by atoms with E-state index >= 15 is 0 Å². The Morgan fingerprint density at radius 3 is 2.72 bits per heavy atom. The molecule has 1 aromatic heterocycles. The van der Waals surface area contributed by atoms with Gasteiger partial charge in [0.1, 0.15) is 0 Å². The van der Waals surface area contributed by atoms with Gasteiger partial charge in [-0.2, -0.15) is 0 Å². The summed E-state index contributed by atoms with van der Waals surface area (Å²) < 4.78 is 5.37. The van der Waals surface area contributed by atoms with Crippen LogP contribution in [-0.4, -0.2) is 23.7 Å². The van der Waals surface area contributed by atoms with Crippen LogP contribution in [0.15, 0.2) is 36.4 Å². The number of nitrogens with two attached hydrogens (primary N) is 1. The zero-order valence-corrected chi connectivity index (χ0v) is 10.4. The molecule has 0 atom stereocenters. The molecule has 0 spiro atoms. The highest BCUT2D eigenvalue weighted by molar-refractivity contribution is 5.78. The second-order valence-corrected chi connectivity index (χ2v) is 5.15. The van der Waals surface area contributed by atoms with Crippen molar-refractivity contribution in [2.45, 2.75) is 24.8 Å². The van der Waals surface area contributed by atoms with Crippen molar-refractivity contribution >= 4 is 10.9 Å². The predicted octanol–water partition coefficient (Wildman–Crippen LogP) is 2.29. The van der Waals surface area contributed by atoms with Crippen LogP contribution in [0.4, 0.5) is 0 Å². The molecule has 1 aliphatic heterocycles. The van der Waals surface area contributed by atoms with Gasteiger partial charge in [0.15, 0.2) is 0 Å². The van der Waals surface area contributed by atoms with Gasteiger partial charge in [0.05, 0.1) is 5.52 Å². The lowest BCUT2D eigenvalue weighted by Gasteiger charge is -2.33. The molecule has 3 heteroatoms. The fourth-order valence-corrected chi connectivity index (χ4v) is 2.52. The maximum atomic E-state index is 6.42. The zero-order chi connectivity index (χ0) is 12.4. The van der Waals surface area contributed by atoms with Crippen LogP contribution in [-0.2, 0) is 11.2 Å². The van der Waals surface area contributed by atoms with Gasteiger partial charge in [0.25, 0.3) is 0 Å². The van der Waals surface area contributed by atoms with E-state index in [2.05, 4.69) is 18.2 Å². The zero-order valence-electron chi connectivity index (χ0n) is 10.4. The largest absolute Gasteiger partial charge is 0.381 e. The van der Waals surface area contributed by atoms with Crippen molar-refractivity contribution in [3.63, 3.8) is 0 Å². The van der Waals surface area contributed by atoms with Crippen molar-refractivity contribution in [1.82, 2.24) is 4.98 Å². The lowest BCUT2D eigenvalue weighted by Crippen LogP contribution is -2.47. The molecule has 94 valence electrons. The second kappa shape index (κ2) is 4.67. The van der Waals surface area contributed by atoms with E-state index in [-0.39, 0.29) is 5.54 Å². The molecule has 0 aliphatic carbocycles. The summed E-state index contributed by atoms with van der Waals surface area (Å²) in [5.41, 5.74) is 8.40. The van der Waals surface area contributed by atoms with Crippen molar-refractivity contribution in [3.8, 4) is 0 Å². The third-order valence-corrected chi connectivity index (χ3v) is 3.68. The van der Waals surface area contributed by atoms with Gasteiger partial charge >= 0.3 is 0 Å². The number of benzene rings is 1. The third kappa shape index (κ3) is 2.37. The van der Waals surface area contributed by atoms with Crippen molar-refractivity contribution < 1.29 is 4.74 Å². The van der Waals surface area contributed by atoms with E-state index in [0.717, 1.165) is 43.7 Å². The van der Waals surface area contributed by atoms with Gasteiger partial charge < -0.3 is 10.5 Å². The lowest BCUT2D eigenvalue weighted by molar-refractivity contribution is 0.0531. The average molecular weight is 242 g/mol. The summed E-state index contributed by atoms with van der Waals surface area (Å²) in [5.74, 6) is 0. The van der Waals surface area contributed by atoms with Crippen LogP contribution in [0.5, 0.6) is 0 Å². The minimum atomic E-state index is -0.145. The molecule has 1 aliphatic rings. The third-order valence-electron chi connectivity index (χ3n) is 3.68. The molecule has 1 aromatic carbocycles. The van der Waals surface area contributed by atoms with Gasteiger partial charge in [-0.05, 0) is 25.0 Å². The molecular weight excluding hydrogens is 224 g/mol. The number of nitrogens with zero attached hydrogens (tertiary/aromatic N) is 1. The molecule has 3 rings (SSSR count). The highest BCUT2D eigenvalue weighted by Gasteiger charge is 2.28. The summed E-state index contributed by atoms with van der Waals surface area (Å²) in [5, 5.41) is 1.18. The maximum Gasteiger partial charge on any atom is 0.0705 e. The molecule has 0 radical (unpaired) electrons. The van der Waals surface area contributed by atoms with E-state index in [9.17, 15) is 0 Å². The topological polar surface area (TPSA) is 48.1 Å². The SMILES string of the molecule is NC1(Cc2ccc3ccccc3n2)CCOCC1. The average Bonchev–Trinajstić information content (AvgIpc) is 2.39. The molecule has 0 saturated carbocycles. The smallest absolute Gasteiger partial charge is 0.0705 e. The Hall–Kier alpha value is -1.45. The number of aromatic nitrogens is 1. The van der Waals surface area contributed by atoms with Crippen molar-refractivity contribution in [2.24, 2.45) is 5.73 Å². The van der Waals surface area contributed by atoms with Crippen LogP contribution in [0.3, 0.4) is 0 Å². The summed E-state index contributed by atoms with van der Waals surface area (Å²) in [6, 6.07) is 12.4. The monoisotopic (exact) mass is 242 g/mol. The molecule has 3 nitrogen and oxygen atoms in total. The summed E-state index contributed by atoms with van der Waals surface area (Å²) in [4.78, 5) is 4.69. The molecule has 1 saturated heterocycles.